The van der Waals surface area contributed by atoms with E-state index in [4.69, 9.17) is 27.9 Å². The Bertz CT molecular complexity index is 1110. The van der Waals surface area contributed by atoms with Gasteiger partial charge in [-0.05, 0) is 41.7 Å². The minimum Gasteiger partial charge on any atom is -0.480 e. The maximum atomic E-state index is 13.1. The van der Waals surface area contributed by atoms with Gasteiger partial charge in [-0.15, -0.1) is 0 Å². The number of benzene rings is 2. The minimum absolute atomic E-state index is 0.0973. The van der Waals surface area contributed by atoms with Gasteiger partial charge in [0.1, 0.15) is 18.7 Å². The lowest BCUT2D eigenvalue weighted by atomic mass is 10.0. The molecule has 0 radical (unpaired) electrons. The van der Waals surface area contributed by atoms with Crippen LogP contribution in [0.5, 0.6) is 0 Å². The number of imidazole rings is 1. The second-order valence-electron chi connectivity index (χ2n) is 8.83. The molecular formula is C26H29Cl2N3O4. The number of nitrogens with one attached hydrogen (secondary N) is 1. The summed E-state index contributed by atoms with van der Waals surface area (Å²) in [6.45, 7) is 4.41. The summed E-state index contributed by atoms with van der Waals surface area (Å²) in [4.78, 5) is 29.2. The highest BCUT2D eigenvalue weighted by atomic mass is 35.5. The summed E-state index contributed by atoms with van der Waals surface area (Å²) in [5.74, 6) is -1.41. The van der Waals surface area contributed by atoms with Crippen LogP contribution in [-0.4, -0.2) is 38.7 Å². The lowest BCUT2D eigenvalue weighted by Crippen LogP contribution is -2.49. The smallest absolute Gasteiger partial charge is 0.323 e. The first-order chi connectivity index (χ1) is 16.7. The van der Waals surface area contributed by atoms with Crippen LogP contribution >= 0.6 is 23.2 Å². The van der Waals surface area contributed by atoms with Crippen molar-refractivity contribution in [2.75, 3.05) is 0 Å². The Morgan fingerprint density at radius 1 is 1.06 bits per heavy atom. The molecule has 1 aromatic heterocycles. The highest BCUT2D eigenvalue weighted by molar-refractivity contribution is 6.34. The maximum Gasteiger partial charge on any atom is 0.323 e. The molecule has 3 aromatic rings. The molecule has 0 aliphatic rings. The van der Waals surface area contributed by atoms with E-state index in [1.807, 2.05) is 60.9 Å². The van der Waals surface area contributed by atoms with Crippen LogP contribution < -0.4 is 5.32 Å². The molecule has 0 saturated carbocycles. The van der Waals surface area contributed by atoms with Gasteiger partial charge in [-0.2, -0.15) is 0 Å². The predicted octanol–water partition coefficient (Wildman–Crippen LogP) is 4.98. The number of aliphatic carboxylic acids is 1. The van der Waals surface area contributed by atoms with Gasteiger partial charge in [0.2, 0.25) is 0 Å². The SMILES string of the molecule is CC(C)CC(NC(Cc1cncn1Cc1cc(Cl)cc(Cl)c1)C(=O)OCc1ccccc1)C(=O)O. The first kappa shape index (κ1) is 26.7. The van der Waals surface area contributed by atoms with Gasteiger partial charge in [0.15, 0.2) is 0 Å². The molecule has 9 heteroatoms. The quantitative estimate of drug-likeness (QED) is 0.329. The summed E-state index contributed by atoms with van der Waals surface area (Å²) in [5, 5.41) is 13.8. The Morgan fingerprint density at radius 3 is 2.37 bits per heavy atom. The molecule has 3 rings (SSSR count). The molecule has 0 bridgehead atoms. The summed E-state index contributed by atoms with van der Waals surface area (Å²) in [7, 11) is 0. The monoisotopic (exact) mass is 517 g/mol. The zero-order chi connectivity index (χ0) is 25.4. The van der Waals surface area contributed by atoms with Crippen LogP contribution in [-0.2, 0) is 33.9 Å². The molecule has 2 atom stereocenters. The van der Waals surface area contributed by atoms with E-state index in [1.165, 1.54) is 0 Å². The van der Waals surface area contributed by atoms with Gasteiger partial charge in [-0.25, -0.2) is 4.98 Å². The molecule has 0 amide bonds. The predicted molar refractivity (Wildman–Crippen MR) is 136 cm³/mol. The lowest BCUT2D eigenvalue weighted by molar-refractivity contribution is -0.148. The van der Waals surface area contributed by atoms with Crippen molar-refractivity contribution in [3.63, 3.8) is 0 Å². The van der Waals surface area contributed by atoms with Gasteiger partial charge in [-0.1, -0.05) is 67.4 Å². The summed E-state index contributed by atoms with van der Waals surface area (Å²) >= 11 is 12.3. The van der Waals surface area contributed by atoms with Gasteiger partial charge in [0.25, 0.3) is 0 Å². The Labute approximate surface area is 215 Å². The van der Waals surface area contributed by atoms with Crippen molar-refractivity contribution in [2.24, 2.45) is 5.92 Å². The molecular weight excluding hydrogens is 489 g/mol. The largest absolute Gasteiger partial charge is 0.480 e. The van der Waals surface area contributed by atoms with Gasteiger partial charge in [-0.3, -0.25) is 14.9 Å². The second-order valence-corrected chi connectivity index (χ2v) is 9.70. The van der Waals surface area contributed by atoms with E-state index in [0.717, 1.165) is 16.8 Å². The highest BCUT2D eigenvalue weighted by Gasteiger charge is 2.29. The van der Waals surface area contributed by atoms with Crippen LogP contribution in [0.4, 0.5) is 0 Å². The Morgan fingerprint density at radius 2 is 1.74 bits per heavy atom. The van der Waals surface area contributed by atoms with Crippen molar-refractivity contribution >= 4 is 35.1 Å². The van der Waals surface area contributed by atoms with Gasteiger partial charge >= 0.3 is 11.9 Å². The van der Waals surface area contributed by atoms with Crippen molar-refractivity contribution < 1.29 is 19.4 Å². The van der Waals surface area contributed by atoms with E-state index < -0.39 is 24.0 Å². The number of hydrogen-bond donors (Lipinski definition) is 2. The van der Waals surface area contributed by atoms with Crippen LogP contribution in [0.1, 0.15) is 37.1 Å². The number of esters is 1. The number of carboxylic acids is 1. The summed E-state index contributed by atoms with van der Waals surface area (Å²) < 4.78 is 7.43. The molecule has 7 nitrogen and oxygen atoms in total. The van der Waals surface area contributed by atoms with E-state index in [-0.39, 0.29) is 18.9 Å². The molecule has 2 N–H and O–H groups in total. The minimum atomic E-state index is -1.01. The van der Waals surface area contributed by atoms with Crippen molar-refractivity contribution in [3.05, 3.63) is 87.9 Å². The van der Waals surface area contributed by atoms with Crippen LogP contribution in [0.3, 0.4) is 0 Å². The maximum absolute atomic E-state index is 13.1. The molecule has 186 valence electrons. The van der Waals surface area contributed by atoms with E-state index in [0.29, 0.717) is 23.0 Å². The van der Waals surface area contributed by atoms with Gasteiger partial charge < -0.3 is 14.4 Å². The number of rotatable bonds is 12. The molecule has 2 unspecified atom stereocenters. The fourth-order valence-electron chi connectivity index (χ4n) is 3.76. The molecule has 0 saturated heterocycles. The van der Waals surface area contributed by atoms with Crippen LogP contribution in [0.2, 0.25) is 10.0 Å². The Balaban J connectivity index is 1.80. The molecule has 35 heavy (non-hydrogen) atoms. The number of hydrogen-bond acceptors (Lipinski definition) is 5. The first-order valence-corrected chi connectivity index (χ1v) is 12.1. The van der Waals surface area contributed by atoms with Crippen molar-refractivity contribution in [3.8, 4) is 0 Å². The lowest BCUT2D eigenvalue weighted by Gasteiger charge is -2.24. The normalized spacial score (nSPS) is 12.9. The third kappa shape index (κ3) is 8.38. The zero-order valence-electron chi connectivity index (χ0n) is 19.7. The van der Waals surface area contributed by atoms with Crippen LogP contribution in [0.25, 0.3) is 0 Å². The number of carbonyl (C=O) groups excluding carboxylic acids is 1. The van der Waals surface area contributed by atoms with Crippen molar-refractivity contribution in [2.45, 2.75) is 51.9 Å². The Hall–Kier alpha value is -2.87. The summed E-state index contributed by atoms with van der Waals surface area (Å²) in [6, 6.07) is 12.8. The Kier molecular flexibility index (Phi) is 9.72. The number of aromatic nitrogens is 2. The number of carboxylic acid groups (broad SMARTS) is 1. The first-order valence-electron chi connectivity index (χ1n) is 11.3. The summed E-state index contributed by atoms with van der Waals surface area (Å²) in [5.41, 5.74) is 2.46. The third-order valence-corrected chi connectivity index (χ3v) is 5.84. The number of halogens is 2. The summed E-state index contributed by atoms with van der Waals surface area (Å²) in [6.07, 6.45) is 3.88. The van der Waals surface area contributed by atoms with Crippen LogP contribution in [0, 0.1) is 5.92 Å². The third-order valence-electron chi connectivity index (χ3n) is 5.40. The highest BCUT2D eigenvalue weighted by Crippen LogP contribution is 2.20. The van der Waals surface area contributed by atoms with E-state index in [9.17, 15) is 14.7 Å². The number of ether oxygens (including phenoxy) is 1. The average Bonchev–Trinajstić information content (AvgIpc) is 3.22. The van der Waals surface area contributed by atoms with E-state index in [1.54, 1.807) is 18.6 Å². The second kappa shape index (κ2) is 12.7. The molecule has 0 aliphatic heterocycles. The molecule has 1 heterocycles. The molecule has 0 fully saturated rings. The number of carbonyl (C=O) groups is 2. The fraction of sp³-hybridized carbons (Fsp3) is 0.346. The van der Waals surface area contributed by atoms with Gasteiger partial charge in [0.05, 0.1) is 6.33 Å². The fourth-order valence-corrected chi connectivity index (χ4v) is 4.33. The molecule has 2 aromatic carbocycles. The van der Waals surface area contributed by atoms with Crippen molar-refractivity contribution in [1.29, 1.82) is 0 Å². The topological polar surface area (TPSA) is 93.5 Å². The van der Waals surface area contributed by atoms with Crippen molar-refractivity contribution in [1.82, 2.24) is 14.9 Å². The molecule has 0 aliphatic carbocycles. The molecule has 0 spiro atoms. The standard InChI is InChI=1S/C26H29Cl2N3O4/c1-17(2)8-23(25(32)33)30-24(26(34)35-15-18-6-4-3-5-7-18)12-22-13-29-16-31(22)14-19-9-20(27)11-21(28)10-19/h3-7,9-11,13,16-17,23-24,30H,8,12,14-15H2,1-2H3,(H,32,33). The van der Waals surface area contributed by atoms with Crippen LogP contribution in [0.15, 0.2) is 61.1 Å². The average molecular weight is 518 g/mol. The van der Waals surface area contributed by atoms with Gasteiger partial charge in [0, 0.05) is 34.9 Å². The van der Waals surface area contributed by atoms with E-state index >= 15 is 0 Å². The van der Waals surface area contributed by atoms with E-state index in [2.05, 4.69) is 10.3 Å². The zero-order valence-corrected chi connectivity index (χ0v) is 21.2. The number of nitrogens with zero attached hydrogens (tertiary/aromatic N) is 2.